The lowest BCUT2D eigenvalue weighted by Gasteiger charge is -2.33. The highest BCUT2D eigenvalue weighted by atomic mass is 35.5. The van der Waals surface area contributed by atoms with Crippen LogP contribution in [-0.4, -0.2) is 36.6 Å². The lowest BCUT2D eigenvalue weighted by Crippen LogP contribution is -2.44. The van der Waals surface area contributed by atoms with Gasteiger partial charge < -0.3 is 20.9 Å². The Morgan fingerprint density at radius 3 is 2.31 bits per heavy atom. The largest absolute Gasteiger partial charge is 0.371 e. The standard InChI is InChI=1S/C26H27ClFN5O2/c27-20-3-7-22(8-4-20)31-26(35)32-24(19-1-5-21(28)6-2-19)25(34)30-17-18-11-15-33(16-12-18)23-9-13-29-14-10-23/h1-10,13-14,18,24H,11-12,15-17H2,(H,30,34)(H2,31,32,35)/t24-/m0/s1. The lowest BCUT2D eigenvalue weighted by molar-refractivity contribution is -0.123. The van der Waals surface area contributed by atoms with Gasteiger partial charge in [-0.1, -0.05) is 23.7 Å². The molecule has 0 aliphatic carbocycles. The number of aromatic nitrogens is 1. The highest BCUT2D eigenvalue weighted by molar-refractivity contribution is 6.30. The number of halogens is 2. The Morgan fingerprint density at radius 2 is 1.66 bits per heavy atom. The topological polar surface area (TPSA) is 86.4 Å². The van der Waals surface area contributed by atoms with Crippen molar-refractivity contribution in [3.05, 3.63) is 89.5 Å². The van der Waals surface area contributed by atoms with Crippen molar-refractivity contribution in [2.24, 2.45) is 5.92 Å². The first-order valence-electron chi connectivity index (χ1n) is 11.5. The zero-order valence-electron chi connectivity index (χ0n) is 19.1. The molecule has 182 valence electrons. The van der Waals surface area contributed by atoms with Crippen LogP contribution in [-0.2, 0) is 4.79 Å². The normalized spacial score (nSPS) is 14.7. The summed E-state index contributed by atoms with van der Waals surface area (Å²) in [5.74, 6) is -0.437. The number of carbonyl (C=O) groups is 2. The summed E-state index contributed by atoms with van der Waals surface area (Å²) in [6.07, 6.45) is 5.45. The number of nitrogens with one attached hydrogen (secondary N) is 3. The molecule has 7 nitrogen and oxygen atoms in total. The van der Waals surface area contributed by atoms with Gasteiger partial charge in [-0.2, -0.15) is 0 Å². The van der Waals surface area contributed by atoms with Crippen molar-refractivity contribution in [1.82, 2.24) is 15.6 Å². The maximum Gasteiger partial charge on any atom is 0.320 e. The smallest absolute Gasteiger partial charge is 0.320 e. The summed E-state index contributed by atoms with van der Waals surface area (Å²) in [6, 6.07) is 14.6. The van der Waals surface area contributed by atoms with E-state index in [1.807, 2.05) is 12.1 Å². The van der Waals surface area contributed by atoms with Crippen LogP contribution >= 0.6 is 11.6 Å². The van der Waals surface area contributed by atoms with Gasteiger partial charge in [0, 0.05) is 48.4 Å². The fourth-order valence-electron chi connectivity index (χ4n) is 4.08. The predicted octanol–water partition coefficient (Wildman–Crippen LogP) is 4.77. The number of anilines is 2. The van der Waals surface area contributed by atoms with Crippen LogP contribution in [0.15, 0.2) is 73.1 Å². The van der Waals surface area contributed by atoms with Crippen molar-refractivity contribution < 1.29 is 14.0 Å². The van der Waals surface area contributed by atoms with Crippen LogP contribution in [0.5, 0.6) is 0 Å². The number of pyridine rings is 1. The van der Waals surface area contributed by atoms with Gasteiger partial charge in [0.05, 0.1) is 0 Å². The summed E-state index contributed by atoms with van der Waals surface area (Å²) in [5.41, 5.74) is 2.17. The molecule has 1 aliphatic rings. The zero-order chi connectivity index (χ0) is 24.6. The summed E-state index contributed by atoms with van der Waals surface area (Å²) in [4.78, 5) is 32.1. The van der Waals surface area contributed by atoms with Crippen LogP contribution < -0.4 is 20.9 Å². The summed E-state index contributed by atoms with van der Waals surface area (Å²) >= 11 is 5.89. The van der Waals surface area contributed by atoms with Gasteiger partial charge in [-0.05, 0) is 72.9 Å². The molecule has 0 saturated carbocycles. The van der Waals surface area contributed by atoms with Gasteiger partial charge in [-0.15, -0.1) is 0 Å². The van der Waals surface area contributed by atoms with E-state index in [1.165, 1.54) is 24.3 Å². The van der Waals surface area contributed by atoms with Gasteiger partial charge in [0.1, 0.15) is 11.9 Å². The number of hydrogen-bond donors (Lipinski definition) is 3. The Kier molecular flexibility index (Phi) is 8.15. The number of rotatable bonds is 7. The van der Waals surface area contributed by atoms with Crippen LogP contribution in [0.4, 0.5) is 20.6 Å². The highest BCUT2D eigenvalue weighted by Crippen LogP contribution is 2.23. The van der Waals surface area contributed by atoms with Crippen molar-refractivity contribution in [3.8, 4) is 0 Å². The number of benzene rings is 2. The van der Waals surface area contributed by atoms with Crippen molar-refractivity contribution in [3.63, 3.8) is 0 Å². The Hall–Kier alpha value is -3.65. The van der Waals surface area contributed by atoms with E-state index >= 15 is 0 Å². The third-order valence-corrected chi connectivity index (χ3v) is 6.30. The Balaban J connectivity index is 1.35. The Bertz CT molecular complexity index is 1120. The molecule has 1 aromatic heterocycles. The molecule has 2 heterocycles. The minimum Gasteiger partial charge on any atom is -0.371 e. The molecule has 1 saturated heterocycles. The summed E-state index contributed by atoms with van der Waals surface area (Å²) in [7, 11) is 0. The number of hydrogen-bond acceptors (Lipinski definition) is 4. The number of urea groups is 1. The van der Waals surface area contributed by atoms with E-state index in [4.69, 9.17) is 11.6 Å². The molecule has 1 atom stereocenters. The van der Waals surface area contributed by atoms with Crippen molar-refractivity contribution in [2.45, 2.75) is 18.9 Å². The van der Waals surface area contributed by atoms with E-state index in [0.717, 1.165) is 31.6 Å². The number of piperidine rings is 1. The summed E-state index contributed by atoms with van der Waals surface area (Å²) in [5, 5.41) is 8.91. The Morgan fingerprint density at radius 1 is 1.00 bits per heavy atom. The van der Waals surface area contributed by atoms with Gasteiger partial charge >= 0.3 is 6.03 Å². The van der Waals surface area contributed by atoms with Crippen LogP contribution in [0.1, 0.15) is 24.4 Å². The van der Waals surface area contributed by atoms with Crippen molar-refractivity contribution >= 4 is 34.9 Å². The molecule has 3 amide bonds. The van der Waals surface area contributed by atoms with Gasteiger partial charge in [0.2, 0.25) is 5.91 Å². The summed E-state index contributed by atoms with van der Waals surface area (Å²) < 4.78 is 13.5. The van der Waals surface area contributed by atoms with Gasteiger partial charge in [0.25, 0.3) is 0 Å². The second-order valence-electron chi connectivity index (χ2n) is 8.47. The minimum atomic E-state index is -0.972. The molecular formula is C26H27ClFN5O2. The van der Waals surface area contributed by atoms with E-state index < -0.39 is 17.9 Å². The molecule has 1 fully saturated rings. The first kappa shape index (κ1) is 24.5. The quantitative estimate of drug-likeness (QED) is 0.440. The summed E-state index contributed by atoms with van der Waals surface area (Å²) in [6.45, 7) is 2.29. The van der Waals surface area contributed by atoms with E-state index in [-0.39, 0.29) is 5.91 Å². The minimum absolute atomic E-state index is 0.328. The van der Waals surface area contributed by atoms with Gasteiger partial charge in [-0.25, -0.2) is 9.18 Å². The molecule has 0 bridgehead atoms. The second kappa shape index (κ2) is 11.7. The first-order valence-corrected chi connectivity index (χ1v) is 11.9. The van der Waals surface area contributed by atoms with Gasteiger partial charge in [-0.3, -0.25) is 9.78 Å². The van der Waals surface area contributed by atoms with Gasteiger partial charge in [0.15, 0.2) is 0 Å². The Labute approximate surface area is 208 Å². The molecule has 35 heavy (non-hydrogen) atoms. The molecule has 2 aromatic carbocycles. The van der Waals surface area contributed by atoms with Crippen LogP contribution in [0, 0.1) is 11.7 Å². The zero-order valence-corrected chi connectivity index (χ0v) is 19.8. The van der Waals surface area contributed by atoms with Crippen molar-refractivity contribution in [1.29, 1.82) is 0 Å². The average Bonchev–Trinajstić information content (AvgIpc) is 2.89. The second-order valence-corrected chi connectivity index (χ2v) is 8.91. The predicted molar refractivity (Wildman–Crippen MR) is 135 cm³/mol. The van der Waals surface area contributed by atoms with Crippen molar-refractivity contribution in [2.75, 3.05) is 29.9 Å². The molecule has 9 heteroatoms. The third kappa shape index (κ3) is 6.93. The first-order chi connectivity index (χ1) is 17.0. The molecular weight excluding hydrogens is 469 g/mol. The number of carbonyl (C=O) groups excluding carboxylic acids is 2. The molecule has 0 spiro atoms. The van der Waals surface area contributed by atoms with E-state index in [0.29, 0.717) is 28.7 Å². The van der Waals surface area contributed by atoms with Crippen LogP contribution in [0.2, 0.25) is 5.02 Å². The lowest BCUT2D eigenvalue weighted by atomic mass is 9.96. The fraction of sp³-hybridized carbons (Fsp3) is 0.269. The highest BCUT2D eigenvalue weighted by Gasteiger charge is 2.25. The fourth-order valence-corrected chi connectivity index (χ4v) is 4.21. The maximum atomic E-state index is 13.5. The van der Waals surface area contributed by atoms with E-state index in [1.54, 1.807) is 36.7 Å². The van der Waals surface area contributed by atoms with E-state index in [9.17, 15) is 14.0 Å². The number of nitrogens with zero attached hydrogens (tertiary/aromatic N) is 2. The maximum absolute atomic E-state index is 13.5. The third-order valence-electron chi connectivity index (χ3n) is 6.05. The molecule has 1 aliphatic heterocycles. The molecule has 0 radical (unpaired) electrons. The number of amides is 3. The molecule has 0 unspecified atom stereocenters. The molecule has 4 rings (SSSR count). The molecule has 3 aromatic rings. The van der Waals surface area contributed by atoms with E-state index in [2.05, 4.69) is 25.8 Å². The molecule has 3 N–H and O–H groups in total. The SMILES string of the molecule is O=C(Nc1ccc(Cl)cc1)N[C@H](C(=O)NCC1CCN(c2ccncc2)CC1)c1ccc(F)cc1. The van der Waals surface area contributed by atoms with Crippen LogP contribution in [0.3, 0.4) is 0 Å². The van der Waals surface area contributed by atoms with Crippen LogP contribution in [0.25, 0.3) is 0 Å². The monoisotopic (exact) mass is 495 g/mol. The average molecular weight is 496 g/mol.